The van der Waals surface area contributed by atoms with Crippen LogP contribution < -0.4 is 10.2 Å². The molecule has 0 radical (unpaired) electrons. The fraction of sp³-hybridized carbons (Fsp3) is 0.562. The first-order valence-electron chi connectivity index (χ1n) is 7.39. The number of para-hydroxylation sites is 1. The molecular formula is C16H24N2O. The average molecular weight is 260 g/mol. The molecule has 2 rings (SSSR count). The van der Waals surface area contributed by atoms with Gasteiger partial charge in [-0.05, 0) is 36.9 Å². The lowest BCUT2D eigenvalue weighted by Gasteiger charge is -2.29. The molecule has 1 saturated heterocycles. The van der Waals surface area contributed by atoms with Crippen molar-refractivity contribution in [3.8, 4) is 0 Å². The van der Waals surface area contributed by atoms with Gasteiger partial charge in [0.1, 0.15) is 0 Å². The molecule has 1 heterocycles. The molecule has 0 aromatic heterocycles. The zero-order valence-corrected chi connectivity index (χ0v) is 12.0. The first-order chi connectivity index (χ1) is 9.27. The predicted molar refractivity (Wildman–Crippen MR) is 79.7 cm³/mol. The average Bonchev–Trinajstić information content (AvgIpc) is 2.43. The van der Waals surface area contributed by atoms with Crippen LogP contribution in [0.3, 0.4) is 0 Å². The molecule has 0 bridgehead atoms. The molecule has 0 spiro atoms. The number of carbonyl (C=O) groups is 1. The topological polar surface area (TPSA) is 32.3 Å². The van der Waals surface area contributed by atoms with Gasteiger partial charge in [-0.1, -0.05) is 32.0 Å². The van der Waals surface area contributed by atoms with Crippen LogP contribution in [0.2, 0.25) is 0 Å². The number of anilines is 1. The van der Waals surface area contributed by atoms with Crippen LogP contribution in [0.25, 0.3) is 0 Å². The van der Waals surface area contributed by atoms with Gasteiger partial charge in [0.2, 0.25) is 5.91 Å². The van der Waals surface area contributed by atoms with Gasteiger partial charge in [-0.25, -0.2) is 0 Å². The molecule has 1 aliphatic heterocycles. The van der Waals surface area contributed by atoms with Crippen molar-refractivity contribution in [3.63, 3.8) is 0 Å². The SMILES string of the molecule is CCc1cccc(CC)c1N1CCCNCCC1=O. The minimum absolute atomic E-state index is 0.253. The van der Waals surface area contributed by atoms with Crippen molar-refractivity contribution in [2.75, 3.05) is 24.5 Å². The van der Waals surface area contributed by atoms with Gasteiger partial charge in [-0.3, -0.25) is 4.79 Å². The van der Waals surface area contributed by atoms with Crippen LogP contribution in [0.15, 0.2) is 18.2 Å². The van der Waals surface area contributed by atoms with Gasteiger partial charge in [-0.2, -0.15) is 0 Å². The van der Waals surface area contributed by atoms with E-state index in [0.29, 0.717) is 6.42 Å². The summed E-state index contributed by atoms with van der Waals surface area (Å²) < 4.78 is 0. The Labute approximate surface area is 116 Å². The van der Waals surface area contributed by atoms with E-state index in [0.717, 1.165) is 38.9 Å². The number of hydrogen-bond donors (Lipinski definition) is 1. The maximum absolute atomic E-state index is 12.4. The Kier molecular flexibility index (Phi) is 4.97. The van der Waals surface area contributed by atoms with Crippen molar-refractivity contribution in [3.05, 3.63) is 29.3 Å². The van der Waals surface area contributed by atoms with Gasteiger partial charge in [-0.15, -0.1) is 0 Å². The van der Waals surface area contributed by atoms with Crippen molar-refractivity contribution in [1.29, 1.82) is 0 Å². The Bertz CT molecular complexity index is 420. The summed E-state index contributed by atoms with van der Waals surface area (Å²) >= 11 is 0. The second kappa shape index (κ2) is 6.71. The highest BCUT2D eigenvalue weighted by molar-refractivity contribution is 5.95. The summed E-state index contributed by atoms with van der Waals surface area (Å²) in [6.45, 7) is 6.95. The summed E-state index contributed by atoms with van der Waals surface area (Å²) in [5, 5.41) is 3.30. The maximum Gasteiger partial charge on any atom is 0.228 e. The Balaban J connectivity index is 2.39. The standard InChI is InChI=1S/C16H24N2O/c1-3-13-7-5-8-14(4-2)16(13)18-12-6-10-17-11-9-15(18)19/h5,7-8,17H,3-4,6,9-12H2,1-2H3. The highest BCUT2D eigenvalue weighted by Gasteiger charge is 2.21. The second-order valence-electron chi connectivity index (χ2n) is 5.03. The van der Waals surface area contributed by atoms with Crippen LogP contribution in [-0.2, 0) is 17.6 Å². The van der Waals surface area contributed by atoms with Crippen molar-refractivity contribution >= 4 is 11.6 Å². The number of hydrogen-bond acceptors (Lipinski definition) is 2. The van der Waals surface area contributed by atoms with E-state index in [4.69, 9.17) is 0 Å². The first kappa shape index (κ1) is 14.1. The molecule has 0 atom stereocenters. The van der Waals surface area contributed by atoms with Gasteiger partial charge in [0.05, 0.1) is 0 Å². The maximum atomic E-state index is 12.4. The molecule has 3 heteroatoms. The number of rotatable bonds is 3. The van der Waals surface area contributed by atoms with E-state index in [-0.39, 0.29) is 5.91 Å². The Hall–Kier alpha value is -1.35. The van der Waals surface area contributed by atoms with E-state index in [1.807, 2.05) is 4.90 Å². The molecule has 104 valence electrons. The smallest absolute Gasteiger partial charge is 0.228 e. The molecule has 0 saturated carbocycles. The van der Waals surface area contributed by atoms with E-state index >= 15 is 0 Å². The summed E-state index contributed by atoms with van der Waals surface area (Å²) in [5.41, 5.74) is 3.77. The minimum atomic E-state index is 0.253. The Morgan fingerprint density at radius 1 is 1.16 bits per heavy atom. The quantitative estimate of drug-likeness (QED) is 0.905. The number of aryl methyl sites for hydroxylation is 2. The van der Waals surface area contributed by atoms with E-state index in [9.17, 15) is 4.79 Å². The second-order valence-corrected chi connectivity index (χ2v) is 5.03. The summed E-state index contributed by atoms with van der Waals surface area (Å²) in [6.07, 6.45) is 3.57. The van der Waals surface area contributed by atoms with Crippen molar-refractivity contribution in [1.82, 2.24) is 5.32 Å². The van der Waals surface area contributed by atoms with Crippen LogP contribution >= 0.6 is 0 Å². The number of nitrogens with zero attached hydrogens (tertiary/aromatic N) is 1. The molecule has 0 unspecified atom stereocenters. The van der Waals surface area contributed by atoms with Gasteiger partial charge >= 0.3 is 0 Å². The molecule has 1 fully saturated rings. The van der Waals surface area contributed by atoms with Crippen LogP contribution in [0.1, 0.15) is 37.8 Å². The molecule has 1 aromatic carbocycles. The predicted octanol–water partition coefficient (Wildman–Crippen LogP) is 2.53. The van der Waals surface area contributed by atoms with Crippen molar-refractivity contribution in [2.24, 2.45) is 0 Å². The fourth-order valence-corrected chi connectivity index (χ4v) is 2.74. The Morgan fingerprint density at radius 3 is 2.47 bits per heavy atom. The largest absolute Gasteiger partial charge is 0.316 e. The number of amides is 1. The van der Waals surface area contributed by atoms with Crippen LogP contribution in [0.5, 0.6) is 0 Å². The first-order valence-corrected chi connectivity index (χ1v) is 7.39. The fourth-order valence-electron chi connectivity index (χ4n) is 2.74. The van der Waals surface area contributed by atoms with Crippen LogP contribution in [0.4, 0.5) is 5.69 Å². The summed E-state index contributed by atoms with van der Waals surface area (Å²) in [5.74, 6) is 0.253. The molecule has 19 heavy (non-hydrogen) atoms. The molecule has 1 amide bonds. The summed E-state index contributed by atoms with van der Waals surface area (Å²) in [7, 11) is 0. The van der Waals surface area contributed by atoms with E-state index in [1.165, 1.54) is 16.8 Å². The molecule has 1 aromatic rings. The van der Waals surface area contributed by atoms with Gasteiger partial charge < -0.3 is 10.2 Å². The third-order valence-corrected chi connectivity index (χ3v) is 3.79. The van der Waals surface area contributed by atoms with E-state index < -0.39 is 0 Å². The lowest BCUT2D eigenvalue weighted by molar-refractivity contribution is -0.118. The highest BCUT2D eigenvalue weighted by Crippen LogP contribution is 2.28. The zero-order valence-electron chi connectivity index (χ0n) is 12.0. The van der Waals surface area contributed by atoms with E-state index in [1.54, 1.807) is 0 Å². The van der Waals surface area contributed by atoms with Crippen molar-refractivity contribution < 1.29 is 4.79 Å². The monoisotopic (exact) mass is 260 g/mol. The number of carbonyl (C=O) groups excluding carboxylic acids is 1. The summed E-state index contributed by atoms with van der Waals surface area (Å²) in [4.78, 5) is 14.4. The number of benzene rings is 1. The molecule has 3 nitrogen and oxygen atoms in total. The van der Waals surface area contributed by atoms with Crippen molar-refractivity contribution in [2.45, 2.75) is 39.5 Å². The van der Waals surface area contributed by atoms with Crippen LogP contribution in [-0.4, -0.2) is 25.5 Å². The molecule has 1 N–H and O–H groups in total. The Morgan fingerprint density at radius 2 is 1.84 bits per heavy atom. The third-order valence-electron chi connectivity index (χ3n) is 3.79. The normalized spacial score (nSPS) is 17.2. The highest BCUT2D eigenvalue weighted by atomic mass is 16.2. The van der Waals surface area contributed by atoms with Gasteiger partial charge in [0.15, 0.2) is 0 Å². The third kappa shape index (κ3) is 3.16. The lowest BCUT2D eigenvalue weighted by atomic mass is 10.0. The van der Waals surface area contributed by atoms with E-state index in [2.05, 4.69) is 37.4 Å². The van der Waals surface area contributed by atoms with Gasteiger partial charge in [0.25, 0.3) is 0 Å². The minimum Gasteiger partial charge on any atom is -0.316 e. The number of nitrogens with one attached hydrogen (secondary N) is 1. The zero-order chi connectivity index (χ0) is 13.7. The van der Waals surface area contributed by atoms with Crippen LogP contribution in [0, 0.1) is 0 Å². The van der Waals surface area contributed by atoms with Gasteiger partial charge in [0, 0.05) is 25.2 Å². The molecule has 0 aliphatic carbocycles. The summed E-state index contributed by atoms with van der Waals surface area (Å²) in [6, 6.07) is 6.41. The lowest BCUT2D eigenvalue weighted by Crippen LogP contribution is -2.39. The molecule has 1 aliphatic rings. The molecular weight excluding hydrogens is 236 g/mol.